The van der Waals surface area contributed by atoms with Crippen LogP contribution in [-0.2, 0) is 22.6 Å². The Labute approximate surface area is 220 Å². The third-order valence-corrected chi connectivity index (χ3v) is 8.09. The van der Waals surface area contributed by atoms with E-state index in [9.17, 15) is 9.59 Å². The molecule has 5 nitrogen and oxygen atoms in total. The smallest absolute Gasteiger partial charge is 0.229 e. The molecule has 0 radical (unpaired) electrons. The highest BCUT2D eigenvalue weighted by Gasteiger charge is 2.28. The molecule has 1 aliphatic heterocycles. The van der Waals surface area contributed by atoms with Crippen molar-refractivity contribution in [2.45, 2.75) is 77.3 Å². The SMILES string of the molecule is COc1cc(CN(CC2CCCCC2)[C@@H](C)c2ccc(Cl)cc2)ccc1CCCN1C(=O)CCC1=O. The van der Waals surface area contributed by atoms with Crippen molar-refractivity contribution in [3.63, 3.8) is 0 Å². The van der Waals surface area contributed by atoms with Crippen LogP contribution >= 0.6 is 11.6 Å². The van der Waals surface area contributed by atoms with E-state index >= 15 is 0 Å². The third-order valence-electron chi connectivity index (χ3n) is 7.84. The van der Waals surface area contributed by atoms with Crippen LogP contribution in [0.25, 0.3) is 0 Å². The molecule has 1 saturated heterocycles. The molecular weight excluding hydrogens is 472 g/mol. The quantitative estimate of drug-likeness (QED) is 0.321. The maximum atomic E-state index is 11.9. The van der Waals surface area contributed by atoms with Crippen molar-refractivity contribution in [1.29, 1.82) is 0 Å². The normalized spacial score (nSPS) is 17.7. The van der Waals surface area contributed by atoms with E-state index < -0.39 is 0 Å². The van der Waals surface area contributed by atoms with Crippen LogP contribution in [0.1, 0.15) is 81.0 Å². The van der Waals surface area contributed by atoms with Crippen molar-refractivity contribution in [3.05, 3.63) is 64.2 Å². The molecule has 1 saturated carbocycles. The van der Waals surface area contributed by atoms with Crippen molar-refractivity contribution >= 4 is 23.4 Å². The van der Waals surface area contributed by atoms with Crippen LogP contribution in [-0.4, -0.2) is 41.8 Å². The molecule has 2 fully saturated rings. The summed E-state index contributed by atoms with van der Waals surface area (Å²) in [4.78, 5) is 27.8. The lowest BCUT2D eigenvalue weighted by atomic mass is 9.88. The van der Waals surface area contributed by atoms with Crippen molar-refractivity contribution in [2.24, 2.45) is 5.92 Å². The van der Waals surface area contributed by atoms with Gasteiger partial charge in [-0.25, -0.2) is 0 Å². The molecule has 2 aromatic rings. The molecule has 2 aromatic carbocycles. The van der Waals surface area contributed by atoms with E-state index in [-0.39, 0.29) is 17.9 Å². The molecule has 2 aliphatic rings. The minimum Gasteiger partial charge on any atom is -0.496 e. The molecular formula is C30H39ClN2O3. The van der Waals surface area contributed by atoms with Gasteiger partial charge in [0, 0.05) is 43.5 Å². The molecule has 36 heavy (non-hydrogen) atoms. The van der Waals surface area contributed by atoms with Gasteiger partial charge in [0.25, 0.3) is 0 Å². The number of ether oxygens (including phenoxy) is 1. The van der Waals surface area contributed by atoms with E-state index in [0.29, 0.717) is 19.4 Å². The second kappa shape index (κ2) is 12.7. The highest BCUT2D eigenvalue weighted by atomic mass is 35.5. The van der Waals surface area contributed by atoms with Crippen LogP contribution in [0.3, 0.4) is 0 Å². The second-order valence-electron chi connectivity index (χ2n) is 10.3. The molecule has 6 heteroatoms. The fourth-order valence-corrected chi connectivity index (χ4v) is 5.77. The van der Waals surface area contributed by atoms with Gasteiger partial charge < -0.3 is 4.74 Å². The van der Waals surface area contributed by atoms with Gasteiger partial charge in [0.05, 0.1) is 7.11 Å². The van der Waals surface area contributed by atoms with E-state index in [2.05, 4.69) is 42.2 Å². The largest absolute Gasteiger partial charge is 0.496 e. The van der Waals surface area contributed by atoms with Gasteiger partial charge >= 0.3 is 0 Å². The Morgan fingerprint density at radius 3 is 2.39 bits per heavy atom. The maximum absolute atomic E-state index is 11.9. The summed E-state index contributed by atoms with van der Waals surface area (Å²) in [5.74, 6) is 1.53. The van der Waals surface area contributed by atoms with Crippen molar-refractivity contribution < 1.29 is 14.3 Å². The zero-order chi connectivity index (χ0) is 25.5. The molecule has 2 amide bonds. The molecule has 0 bridgehead atoms. The van der Waals surface area contributed by atoms with Crippen LogP contribution in [0.2, 0.25) is 5.02 Å². The fourth-order valence-electron chi connectivity index (χ4n) is 5.64. The van der Waals surface area contributed by atoms with Gasteiger partial charge in [0.2, 0.25) is 11.8 Å². The van der Waals surface area contributed by atoms with Gasteiger partial charge in [-0.1, -0.05) is 55.1 Å². The first-order valence-electron chi connectivity index (χ1n) is 13.4. The fraction of sp³-hybridized carbons (Fsp3) is 0.533. The number of aryl methyl sites for hydroxylation is 1. The number of carbonyl (C=O) groups excluding carboxylic acids is 2. The lowest BCUT2D eigenvalue weighted by molar-refractivity contribution is -0.138. The predicted molar refractivity (Wildman–Crippen MR) is 144 cm³/mol. The number of halogens is 1. The average molecular weight is 511 g/mol. The second-order valence-corrected chi connectivity index (χ2v) is 10.8. The van der Waals surface area contributed by atoms with Crippen LogP contribution in [0.15, 0.2) is 42.5 Å². The van der Waals surface area contributed by atoms with Crippen molar-refractivity contribution in [3.8, 4) is 5.75 Å². The van der Waals surface area contributed by atoms with E-state index in [4.69, 9.17) is 16.3 Å². The van der Waals surface area contributed by atoms with Gasteiger partial charge in [-0.15, -0.1) is 0 Å². The summed E-state index contributed by atoms with van der Waals surface area (Å²) < 4.78 is 5.76. The monoisotopic (exact) mass is 510 g/mol. The molecule has 0 N–H and O–H groups in total. The number of rotatable bonds is 11. The summed E-state index contributed by atoms with van der Waals surface area (Å²) in [5, 5.41) is 0.767. The zero-order valence-electron chi connectivity index (χ0n) is 21.7. The van der Waals surface area contributed by atoms with E-state index in [1.165, 1.54) is 48.1 Å². The Bertz CT molecular complexity index is 1020. The maximum Gasteiger partial charge on any atom is 0.229 e. The molecule has 1 aliphatic carbocycles. The number of nitrogens with zero attached hydrogens (tertiary/aromatic N) is 2. The minimum atomic E-state index is -0.0461. The summed E-state index contributed by atoms with van der Waals surface area (Å²) in [7, 11) is 1.71. The number of hydrogen-bond donors (Lipinski definition) is 0. The van der Waals surface area contributed by atoms with E-state index in [0.717, 1.165) is 48.2 Å². The van der Waals surface area contributed by atoms with Crippen molar-refractivity contribution in [2.75, 3.05) is 20.2 Å². The molecule has 1 heterocycles. The first kappa shape index (κ1) is 26.7. The topological polar surface area (TPSA) is 49.9 Å². The van der Waals surface area contributed by atoms with Crippen LogP contribution < -0.4 is 4.74 Å². The minimum absolute atomic E-state index is 0.0461. The van der Waals surface area contributed by atoms with Crippen molar-refractivity contribution in [1.82, 2.24) is 9.80 Å². The van der Waals surface area contributed by atoms with Gasteiger partial charge in [-0.2, -0.15) is 0 Å². The summed E-state index contributed by atoms with van der Waals surface area (Å²) >= 11 is 6.15. The van der Waals surface area contributed by atoms with Crippen LogP contribution in [0.5, 0.6) is 5.75 Å². The van der Waals surface area contributed by atoms with Gasteiger partial charge in [-0.3, -0.25) is 19.4 Å². The summed E-state index contributed by atoms with van der Waals surface area (Å²) in [6.07, 6.45) is 8.88. The number of methoxy groups -OCH3 is 1. The molecule has 0 spiro atoms. The Kier molecular flexibility index (Phi) is 9.44. The summed E-state index contributed by atoms with van der Waals surface area (Å²) in [5.41, 5.74) is 3.63. The summed E-state index contributed by atoms with van der Waals surface area (Å²) in [6.45, 7) is 4.72. The Morgan fingerprint density at radius 1 is 1.03 bits per heavy atom. The van der Waals surface area contributed by atoms with Gasteiger partial charge in [0.15, 0.2) is 0 Å². The first-order valence-corrected chi connectivity index (χ1v) is 13.8. The van der Waals surface area contributed by atoms with Gasteiger partial charge in [-0.05, 0) is 73.4 Å². The lowest BCUT2D eigenvalue weighted by Crippen LogP contribution is -2.32. The number of imide groups is 1. The predicted octanol–water partition coefficient (Wildman–Crippen LogP) is 6.57. The number of hydrogen-bond acceptors (Lipinski definition) is 4. The highest BCUT2D eigenvalue weighted by Crippen LogP contribution is 2.31. The van der Waals surface area contributed by atoms with E-state index in [1.807, 2.05) is 12.1 Å². The van der Waals surface area contributed by atoms with Gasteiger partial charge in [0.1, 0.15) is 5.75 Å². The number of carbonyl (C=O) groups is 2. The Balaban J connectivity index is 1.45. The third kappa shape index (κ3) is 6.89. The molecule has 4 rings (SSSR count). The molecule has 194 valence electrons. The number of amides is 2. The number of benzene rings is 2. The Hall–Kier alpha value is -2.37. The molecule has 0 unspecified atom stereocenters. The standard InChI is InChI=1S/C30H39ClN2O3/c1-22(25-12-14-27(31)15-13-25)32(20-23-7-4-3-5-8-23)21-24-10-11-26(28(19-24)36-2)9-6-18-33-29(34)16-17-30(33)35/h10-15,19,22-23H,3-9,16-18,20-21H2,1-2H3/t22-/m0/s1. The highest BCUT2D eigenvalue weighted by molar-refractivity contribution is 6.30. The van der Waals surface area contributed by atoms with E-state index in [1.54, 1.807) is 7.11 Å². The van der Waals surface area contributed by atoms with Crippen LogP contribution in [0, 0.1) is 5.92 Å². The first-order chi connectivity index (χ1) is 17.4. The molecule has 1 atom stereocenters. The number of likely N-dealkylation sites (tertiary alicyclic amines) is 1. The average Bonchev–Trinajstić information content (AvgIpc) is 3.22. The lowest BCUT2D eigenvalue weighted by Gasteiger charge is -2.34. The Morgan fingerprint density at radius 2 is 1.72 bits per heavy atom. The summed E-state index contributed by atoms with van der Waals surface area (Å²) in [6, 6.07) is 15.0. The zero-order valence-corrected chi connectivity index (χ0v) is 22.4. The molecule has 0 aromatic heterocycles. The van der Waals surface area contributed by atoms with Crippen LogP contribution in [0.4, 0.5) is 0 Å².